The first kappa shape index (κ1) is 29.5. The molecule has 0 saturated carbocycles. The van der Waals surface area contributed by atoms with Gasteiger partial charge in [0.05, 0.1) is 18.5 Å². The maximum Gasteiger partial charge on any atom is 0.326 e. The molecule has 0 saturated heterocycles. The van der Waals surface area contributed by atoms with E-state index in [4.69, 9.17) is 5.73 Å². The third-order valence-corrected chi connectivity index (χ3v) is 5.63. The number of carbonyl (C=O) groups is 4. The number of carboxylic acids is 1. The first-order valence-corrected chi connectivity index (χ1v) is 12.1. The summed E-state index contributed by atoms with van der Waals surface area (Å²) in [6, 6.07) is 4.41. The molecule has 5 atom stereocenters. The van der Waals surface area contributed by atoms with Gasteiger partial charge in [-0.3, -0.25) is 14.4 Å². The second kappa shape index (κ2) is 14.1. The molecule has 37 heavy (non-hydrogen) atoms. The number of aromatic nitrogens is 2. The highest BCUT2D eigenvalue weighted by atomic mass is 16.4. The Morgan fingerprint density at radius 2 is 1.59 bits per heavy atom. The number of imidazole rings is 1. The monoisotopic (exact) mass is 516 g/mol. The molecule has 12 heteroatoms. The lowest BCUT2D eigenvalue weighted by Gasteiger charge is -2.26. The van der Waals surface area contributed by atoms with E-state index in [2.05, 4.69) is 25.9 Å². The van der Waals surface area contributed by atoms with Crippen molar-refractivity contribution in [3.05, 3.63) is 54.1 Å². The molecule has 12 nitrogen and oxygen atoms in total. The van der Waals surface area contributed by atoms with Gasteiger partial charge in [0.1, 0.15) is 18.1 Å². The number of hydrogen-bond donors (Lipinski definition) is 7. The average Bonchev–Trinajstić information content (AvgIpc) is 3.34. The number of hydrogen-bond acceptors (Lipinski definition) is 7. The smallest absolute Gasteiger partial charge is 0.326 e. The van der Waals surface area contributed by atoms with Crippen LogP contribution < -0.4 is 21.7 Å². The van der Waals surface area contributed by atoms with E-state index in [0.717, 1.165) is 5.56 Å². The van der Waals surface area contributed by atoms with E-state index in [1.54, 1.807) is 13.8 Å². The Hall–Kier alpha value is -3.77. The Morgan fingerprint density at radius 3 is 2.14 bits per heavy atom. The van der Waals surface area contributed by atoms with E-state index >= 15 is 0 Å². The van der Waals surface area contributed by atoms with Crippen LogP contribution in [0.25, 0.3) is 0 Å². The number of aliphatic hydroxyl groups is 1. The van der Waals surface area contributed by atoms with Crippen LogP contribution in [0, 0.1) is 5.92 Å². The molecule has 0 aliphatic heterocycles. The molecule has 0 bridgehead atoms. The predicted octanol–water partition coefficient (Wildman–Crippen LogP) is -0.512. The van der Waals surface area contributed by atoms with Gasteiger partial charge in [-0.1, -0.05) is 44.2 Å². The highest BCUT2D eigenvalue weighted by molar-refractivity contribution is 5.94. The molecule has 0 fully saturated rings. The largest absolute Gasteiger partial charge is 0.480 e. The number of nitrogens with two attached hydrogens (primary N) is 1. The summed E-state index contributed by atoms with van der Waals surface area (Å²) in [5.74, 6) is -3.44. The van der Waals surface area contributed by atoms with Crippen molar-refractivity contribution in [1.29, 1.82) is 0 Å². The Bertz CT molecular complexity index is 1030. The molecule has 2 aromatic rings. The summed E-state index contributed by atoms with van der Waals surface area (Å²) in [5.41, 5.74) is 7.45. The second-order valence-corrected chi connectivity index (χ2v) is 9.39. The minimum Gasteiger partial charge on any atom is -0.480 e. The van der Waals surface area contributed by atoms with Crippen LogP contribution in [0.5, 0.6) is 0 Å². The zero-order valence-electron chi connectivity index (χ0n) is 21.2. The van der Waals surface area contributed by atoms with Crippen molar-refractivity contribution < 1.29 is 29.4 Å². The second-order valence-electron chi connectivity index (χ2n) is 9.39. The van der Waals surface area contributed by atoms with Gasteiger partial charge in [-0.15, -0.1) is 0 Å². The first-order valence-electron chi connectivity index (χ1n) is 12.1. The number of carboxylic acid groups (broad SMARTS) is 1. The lowest BCUT2D eigenvalue weighted by molar-refractivity contribution is -0.143. The number of aliphatic carboxylic acids is 1. The van der Waals surface area contributed by atoms with Gasteiger partial charge in [0.25, 0.3) is 0 Å². The maximum atomic E-state index is 13.2. The third kappa shape index (κ3) is 9.66. The van der Waals surface area contributed by atoms with Gasteiger partial charge in [0.15, 0.2) is 0 Å². The summed E-state index contributed by atoms with van der Waals surface area (Å²) >= 11 is 0. The molecular weight excluding hydrogens is 480 g/mol. The highest BCUT2D eigenvalue weighted by Crippen LogP contribution is 2.08. The molecule has 202 valence electrons. The summed E-state index contributed by atoms with van der Waals surface area (Å²) in [7, 11) is 0. The molecule has 0 spiro atoms. The van der Waals surface area contributed by atoms with E-state index in [1.807, 2.05) is 30.3 Å². The first-order chi connectivity index (χ1) is 17.5. The Morgan fingerprint density at radius 1 is 0.946 bits per heavy atom. The van der Waals surface area contributed by atoms with E-state index in [9.17, 15) is 29.4 Å². The number of benzene rings is 1. The van der Waals surface area contributed by atoms with Crippen molar-refractivity contribution >= 4 is 23.7 Å². The Labute approximate surface area is 215 Å². The summed E-state index contributed by atoms with van der Waals surface area (Å²) in [6.07, 6.45) is 1.98. The molecule has 3 amide bonds. The van der Waals surface area contributed by atoms with Gasteiger partial charge in [-0.2, -0.15) is 0 Å². The molecule has 1 heterocycles. The van der Waals surface area contributed by atoms with E-state index in [1.165, 1.54) is 19.4 Å². The van der Waals surface area contributed by atoms with Gasteiger partial charge in [-0.05, 0) is 31.2 Å². The minimum atomic E-state index is -1.46. The molecule has 5 unspecified atom stereocenters. The summed E-state index contributed by atoms with van der Waals surface area (Å²) in [4.78, 5) is 57.2. The maximum absolute atomic E-state index is 13.2. The van der Waals surface area contributed by atoms with Crippen LogP contribution in [-0.2, 0) is 32.0 Å². The molecule has 0 aliphatic rings. The van der Waals surface area contributed by atoms with Gasteiger partial charge in [-0.25, -0.2) is 9.78 Å². The summed E-state index contributed by atoms with van der Waals surface area (Å²) in [5, 5.41) is 27.0. The number of nitrogens with one attached hydrogen (secondary N) is 4. The minimum absolute atomic E-state index is 0.00881. The van der Waals surface area contributed by atoms with Crippen molar-refractivity contribution in [3.8, 4) is 0 Å². The van der Waals surface area contributed by atoms with E-state index in [-0.39, 0.29) is 25.2 Å². The van der Waals surface area contributed by atoms with Crippen LogP contribution in [0.1, 0.15) is 38.4 Å². The number of rotatable bonds is 14. The molecule has 1 aromatic heterocycles. The van der Waals surface area contributed by atoms with Gasteiger partial charge < -0.3 is 36.9 Å². The standard InChI is InChI=1S/C25H36N6O6/c1-14(2)9-20(25(36)37)30-24(35)21(15(3)32)31-23(34)19(11-17-12-27-13-28-17)29-22(33)18(26)10-16-7-5-4-6-8-16/h4-8,12-15,18-21,32H,9-11,26H2,1-3H3,(H,27,28)(H,29,33)(H,30,35)(H,31,34)(H,36,37). The predicted molar refractivity (Wildman–Crippen MR) is 135 cm³/mol. The summed E-state index contributed by atoms with van der Waals surface area (Å²) < 4.78 is 0. The van der Waals surface area contributed by atoms with Crippen LogP contribution in [-0.4, -0.2) is 74.1 Å². The fourth-order valence-corrected chi connectivity index (χ4v) is 3.68. The normalized spacial score (nSPS) is 15.2. The SMILES string of the molecule is CC(C)CC(NC(=O)C(NC(=O)C(Cc1cnc[nH]1)NC(=O)C(N)Cc1ccccc1)C(C)O)C(=O)O. The van der Waals surface area contributed by atoms with Crippen molar-refractivity contribution in [3.63, 3.8) is 0 Å². The number of carbonyl (C=O) groups excluding carboxylic acids is 3. The van der Waals surface area contributed by atoms with Crippen LogP contribution >= 0.6 is 0 Å². The van der Waals surface area contributed by atoms with Gasteiger partial charge in [0, 0.05) is 18.3 Å². The van der Waals surface area contributed by atoms with Crippen molar-refractivity contribution in [1.82, 2.24) is 25.9 Å². The fraction of sp³-hybridized carbons (Fsp3) is 0.480. The van der Waals surface area contributed by atoms with Gasteiger partial charge >= 0.3 is 5.97 Å². The number of H-pyrrole nitrogens is 1. The zero-order valence-corrected chi connectivity index (χ0v) is 21.2. The Balaban J connectivity index is 2.15. The quantitative estimate of drug-likeness (QED) is 0.174. The zero-order chi connectivity index (χ0) is 27.5. The number of amides is 3. The lowest BCUT2D eigenvalue weighted by Crippen LogP contribution is -2.60. The van der Waals surface area contributed by atoms with E-state index in [0.29, 0.717) is 5.69 Å². The van der Waals surface area contributed by atoms with Crippen LogP contribution in [0.2, 0.25) is 0 Å². The Kier molecular flexibility index (Phi) is 11.2. The average molecular weight is 517 g/mol. The molecule has 1 aromatic carbocycles. The highest BCUT2D eigenvalue weighted by Gasteiger charge is 2.33. The fourth-order valence-electron chi connectivity index (χ4n) is 3.68. The van der Waals surface area contributed by atoms with Crippen LogP contribution in [0.3, 0.4) is 0 Å². The number of aliphatic hydroxyl groups excluding tert-OH is 1. The van der Waals surface area contributed by atoms with Crippen LogP contribution in [0.4, 0.5) is 0 Å². The topological polar surface area (TPSA) is 200 Å². The van der Waals surface area contributed by atoms with E-state index < -0.39 is 54.0 Å². The molecular formula is C25H36N6O6. The van der Waals surface area contributed by atoms with Crippen LogP contribution in [0.15, 0.2) is 42.9 Å². The molecule has 0 aliphatic carbocycles. The lowest BCUT2D eigenvalue weighted by atomic mass is 10.0. The molecule has 8 N–H and O–H groups in total. The van der Waals surface area contributed by atoms with Crippen molar-refractivity contribution in [2.45, 2.75) is 70.3 Å². The van der Waals surface area contributed by atoms with Gasteiger partial charge in [0.2, 0.25) is 17.7 Å². The molecule has 2 rings (SSSR count). The van der Waals surface area contributed by atoms with Crippen molar-refractivity contribution in [2.24, 2.45) is 11.7 Å². The number of aromatic amines is 1. The number of nitrogens with zero attached hydrogens (tertiary/aromatic N) is 1. The van der Waals surface area contributed by atoms with Crippen molar-refractivity contribution in [2.75, 3.05) is 0 Å². The third-order valence-electron chi connectivity index (χ3n) is 5.63. The molecule has 0 radical (unpaired) electrons. The summed E-state index contributed by atoms with van der Waals surface area (Å²) in [6.45, 7) is 4.91.